The summed E-state index contributed by atoms with van der Waals surface area (Å²) in [4.78, 5) is 47.5. The lowest BCUT2D eigenvalue weighted by Crippen LogP contribution is -2.38. The Morgan fingerprint density at radius 3 is 2.58 bits per heavy atom. The molecule has 8 heteroatoms. The van der Waals surface area contributed by atoms with Crippen LogP contribution in [0.5, 0.6) is 0 Å². The summed E-state index contributed by atoms with van der Waals surface area (Å²) in [5.41, 5.74) is 2.84. The van der Waals surface area contributed by atoms with E-state index in [0.717, 1.165) is 6.42 Å². The molecule has 0 spiro atoms. The van der Waals surface area contributed by atoms with E-state index in [0.29, 0.717) is 24.7 Å². The Hall–Kier alpha value is -3.94. The average molecular weight is 415 g/mol. The van der Waals surface area contributed by atoms with Gasteiger partial charge in [-0.25, -0.2) is 0 Å². The third-order valence-electron chi connectivity index (χ3n) is 5.73. The molecule has 0 fully saturated rings. The molecule has 2 aliphatic heterocycles. The Kier molecular flexibility index (Phi) is 4.74. The van der Waals surface area contributed by atoms with Gasteiger partial charge in [0.25, 0.3) is 5.56 Å². The number of hydrogen-bond acceptors (Lipinski definition) is 5. The predicted octanol–water partition coefficient (Wildman–Crippen LogP) is 2.40. The van der Waals surface area contributed by atoms with Crippen molar-refractivity contribution < 1.29 is 9.59 Å². The van der Waals surface area contributed by atoms with E-state index in [1.54, 1.807) is 24.3 Å². The maximum Gasteiger partial charge on any atom is 0.258 e. The van der Waals surface area contributed by atoms with E-state index in [2.05, 4.69) is 32.7 Å². The first-order valence-corrected chi connectivity index (χ1v) is 10.2. The van der Waals surface area contributed by atoms with Crippen molar-refractivity contribution in [2.75, 3.05) is 22.1 Å². The molecular weight excluding hydrogens is 394 g/mol. The lowest BCUT2D eigenvalue weighted by Gasteiger charge is -2.30. The minimum absolute atomic E-state index is 0.104. The molecule has 1 atom stereocenters. The summed E-state index contributed by atoms with van der Waals surface area (Å²) in [6.07, 6.45) is 0.734. The molecule has 0 saturated carbocycles. The smallest absolute Gasteiger partial charge is 0.258 e. The average Bonchev–Trinajstić information content (AvgIpc) is 2.78. The van der Waals surface area contributed by atoms with Gasteiger partial charge in [-0.1, -0.05) is 42.5 Å². The minimum atomic E-state index is -0.906. The van der Waals surface area contributed by atoms with E-state index in [9.17, 15) is 14.4 Å². The maximum atomic E-state index is 13.0. The number of fused-ring (bicyclic) bond motifs is 2. The molecular formula is C23H21N5O3. The lowest BCUT2D eigenvalue weighted by molar-refractivity contribution is -0.123. The number of carbonyl (C=O) groups excluding carboxylic acids is 2. The van der Waals surface area contributed by atoms with Gasteiger partial charge in [0, 0.05) is 25.2 Å². The maximum absolute atomic E-state index is 13.0. The number of carbonyl (C=O) groups is 2. The van der Waals surface area contributed by atoms with E-state index < -0.39 is 17.4 Å². The van der Waals surface area contributed by atoms with Crippen molar-refractivity contribution in [3.63, 3.8) is 0 Å². The number of rotatable bonds is 3. The molecule has 5 rings (SSSR count). The van der Waals surface area contributed by atoms with Crippen LogP contribution in [-0.2, 0) is 22.6 Å². The highest BCUT2D eigenvalue weighted by Gasteiger charge is 2.35. The zero-order valence-electron chi connectivity index (χ0n) is 16.7. The van der Waals surface area contributed by atoms with Crippen LogP contribution >= 0.6 is 0 Å². The van der Waals surface area contributed by atoms with Crippen LogP contribution in [-0.4, -0.2) is 28.3 Å². The van der Waals surface area contributed by atoms with Crippen LogP contribution in [0, 0.1) is 0 Å². The van der Waals surface area contributed by atoms with Crippen LogP contribution in [0.15, 0.2) is 59.4 Å². The number of aromatic amines is 1. The molecule has 2 aliphatic rings. The van der Waals surface area contributed by atoms with Crippen LogP contribution in [0.1, 0.15) is 29.0 Å². The molecule has 3 heterocycles. The van der Waals surface area contributed by atoms with Crippen LogP contribution in [0.4, 0.5) is 17.5 Å². The molecule has 8 nitrogen and oxygen atoms in total. The Labute approximate surface area is 178 Å². The van der Waals surface area contributed by atoms with E-state index in [1.807, 2.05) is 23.1 Å². The van der Waals surface area contributed by atoms with Crippen molar-refractivity contribution in [3.8, 4) is 0 Å². The van der Waals surface area contributed by atoms with E-state index >= 15 is 0 Å². The number of hydrogen-bond donors (Lipinski definition) is 3. The molecule has 1 unspecified atom stereocenters. The quantitative estimate of drug-likeness (QED) is 0.609. The van der Waals surface area contributed by atoms with Gasteiger partial charge in [0.15, 0.2) is 0 Å². The summed E-state index contributed by atoms with van der Waals surface area (Å²) in [5, 5.41) is 5.45. The van der Waals surface area contributed by atoms with Gasteiger partial charge in [-0.3, -0.25) is 19.4 Å². The number of nitrogens with zero attached hydrogens (tertiary/aromatic N) is 2. The summed E-state index contributed by atoms with van der Waals surface area (Å²) >= 11 is 0. The third kappa shape index (κ3) is 3.68. The van der Waals surface area contributed by atoms with Gasteiger partial charge >= 0.3 is 0 Å². The van der Waals surface area contributed by atoms with Gasteiger partial charge in [0.2, 0.25) is 17.8 Å². The fourth-order valence-electron chi connectivity index (χ4n) is 4.16. The summed E-state index contributed by atoms with van der Waals surface area (Å²) in [6, 6.07) is 17.1. The Balaban J connectivity index is 1.46. The molecule has 2 amide bonds. The fraction of sp³-hybridized carbons (Fsp3) is 0.217. The Bertz CT molecular complexity index is 1220. The Morgan fingerprint density at radius 2 is 1.77 bits per heavy atom. The molecule has 0 bridgehead atoms. The SMILES string of the molecule is O=C1CC(C(=O)Nc2ccccc2)c2c(nc(N3CCc4ccccc4C3)[nH]c2=O)N1. The van der Waals surface area contributed by atoms with Crippen molar-refractivity contribution in [1.82, 2.24) is 9.97 Å². The number of anilines is 3. The zero-order chi connectivity index (χ0) is 21.4. The molecule has 0 radical (unpaired) electrons. The highest BCUT2D eigenvalue weighted by atomic mass is 16.2. The largest absolute Gasteiger partial charge is 0.338 e. The van der Waals surface area contributed by atoms with Crippen molar-refractivity contribution in [2.24, 2.45) is 0 Å². The number of amides is 2. The topological polar surface area (TPSA) is 107 Å². The molecule has 0 aliphatic carbocycles. The molecule has 31 heavy (non-hydrogen) atoms. The fourth-order valence-corrected chi connectivity index (χ4v) is 4.16. The van der Waals surface area contributed by atoms with Crippen LogP contribution in [0.25, 0.3) is 0 Å². The van der Waals surface area contributed by atoms with E-state index in [4.69, 9.17) is 0 Å². The first-order chi connectivity index (χ1) is 15.1. The highest BCUT2D eigenvalue weighted by Crippen LogP contribution is 2.31. The number of para-hydroxylation sites is 1. The van der Waals surface area contributed by atoms with Gasteiger partial charge in [0.05, 0.1) is 11.5 Å². The van der Waals surface area contributed by atoms with Gasteiger partial charge in [-0.2, -0.15) is 4.98 Å². The zero-order valence-corrected chi connectivity index (χ0v) is 16.7. The van der Waals surface area contributed by atoms with Gasteiger partial charge < -0.3 is 15.5 Å². The second-order valence-electron chi connectivity index (χ2n) is 7.75. The molecule has 156 valence electrons. The Morgan fingerprint density at radius 1 is 1.03 bits per heavy atom. The first-order valence-electron chi connectivity index (χ1n) is 10.2. The molecule has 1 aromatic heterocycles. The van der Waals surface area contributed by atoms with Crippen molar-refractivity contribution in [1.29, 1.82) is 0 Å². The number of H-pyrrole nitrogens is 1. The van der Waals surface area contributed by atoms with Crippen molar-refractivity contribution in [3.05, 3.63) is 81.6 Å². The standard InChI is InChI=1S/C23H21N5O3/c29-18-12-17(21(30)24-16-8-2-1-3-9-16)19-20(25-18)26-23(27-22(19)31)28-11-10-14-6-4-5-7-15(14)13-28/h1-9,17H,10-13H2,(H,24,30)(H2,25,26,27,29,31). The van der Waals surface area contributed by atoms with Crippen LogP contribution in [0.3, 0.4) is 0 Å². The highest BCUT2D eigenvalue weighted by molar-refractivity contribution is 6.04. The summed E-state index contributed by atoms with van der Waals surface area (Å²) in [5.74, 6) is -1.11. The van der Waals surface area contributed by atoms with Crippen molar-refractivity contribution in [2.45, 2.75) is 25.3 Å². The van der Waals surface area contributed by atoms with Crippen LogP contribution < -0.4 is 21.1 Å². The number of nitrogens with one attached hydrogen (secondary N) is 3. The second kappa shape index (κ2) is 7.71. The second-order valence-corrected chi connectivity index (χ2v) is 7.75. The molecule has 2 aromatic carbocycles. The van der Waals surface area contributed by atoms with Crippen LogP contribution in [0.2, 0.25) is 0 Å². The van der Waals surface area contributed by atoms with Gasteiger partial charge in [-0.15, -0.1) is 0 Å². The number of aromatic nitrogens is 2. The van der Waals surface area contributed by atoms with Crippen molar-refractivity contribution >= 4 is 29.3 Å². The third-order valence-corrected chi connectivity index (χ3v) is 5.73. The molecule has 3 N–H and O–H groups in total. The van der Waals surface area contributed by atoms with E-state index in [-0.39, 0.29) is 23.7 Å². The van der Waals surface area contributed by atoms with Gasteiger partial charge in [-0.05, 0) is 29.7 Å². The van der Waals surface area contributed by atoms with Gasteiger partial charge in [0.1, 0.15) is 5.82 Å². The monoisotopic (exact) mass is 415 g/mol. The number of benzene rings is 2. The normalized spacial score (nSPS) is 17.4. The summed E-state index contributed by atoms with van der Waals surface area (Å²) in [6.45, 7) is 1.31. The summed E-state index contributed by atoms with van der Waals surface area (Å²) in [7, 11) is 0. The predicted molar refractivity (Wildman–Crippen MR) is 117 cm³/mol. The summed E-state index contributed by atoms with van der Waals surface area (Å²) < 4.78 is 0. The minimum Gasteiger partial charge on any atom is -0.338 e. The molecule has 3 aromatic rings. The molecule has 0 saturated heterocycles. The first kappa shape index (κ1) is 19.0. The lowest BCUT2D eigenvalue weighted by atomic mass is 9.92. The van der Waals surface area contributed by atoms with E-state index in [1.165, 1.54) is 11.1 Å².